The summed E-state index contributed by atoms with van der Waals surface area (Å²) in [6.07, 6.45) is -1.63. The molecule has 2 rings (SSSR count). The van der Waals surface area contributed by atoms with Gasteiger partial charge in [0.2, 0.25) is 0 Å². The van der Waals surface area contributed by atoms with E-state index in [-0.39, 0.29) is 17.8 Å². The Labute approximate surface area is 119 Å². The number of hydrogen-bond acceptors (Lipinski definition) is 3. The molecule has 112 valence electrons. The Bertz CT molecular complexity index is 622. The number of carbonyl (C=O) groups excluding carboxylic acids is 1. The zero-order valence-corrected chi connectivity index (χ0v) is 11.1. The highest BCUT2D eigenvalue weighted by atomic mass is 19.4. The number of furan rings is 1. The van der Waals surface area contributed by atoms with Gasteiger partial charge in [0.1, 0.15) is 0 Å². The van der Waals surface area contributed by atoms with Crippen LogP contribution in [0.2, 0.25) is 0 Å². The number of benzene rings is 1. The fourth-order valence-corrected chi connectivity index (χ4v) is 1.92. The molecule has 0 aliphatic carbocycles. The third-order valence-corrected chi connectivity index (χ3v) is 2.90. The number of hydrogen-bond donors (Lipinski definition) is 2. The van der Waals surface area contributed by atoms with Crippen LogP contribution in [0.15, 0.2) is 41.2 Å². The fraction of sp³-hybridized carbons (Fsp3) is 0.214. The van der Waals surface area contributed by atoms with Crippen LogP contribution in [-0.4, -0.2) is 13.0 Å². The molecule has 0 fully saturated rings. The summed E-state index contributed by atoms with van der Waals surface area (Å²) in [5.74, 6) is -0.591. The van der Waals surface area contributed by atoms with E-state index in [2.05, 4.69) is 10.6 Å². The lowest BCUT2D eigenvalue weighted by Gasteiger charge is -2.16. The summed E-state index contributed by atoms with van der Waals surface area (Å²) in [5.41, 5.74) is -0.451. The molecule has 0 saturated carbocycles. The largest absolute Gasteiger partial charge is 0.472 e. The Morgan fingerprint density at radius 2 is 2.05 bits per heavy atom. The van der Waals surface area contributed by atoms with Crippen molar-refractivity contribution in [3.8, 4) is 0 Å². The van der Waals surface area contributed by atoms with Crippen LogP contribution in [0.5, 0.6) is 0 Å². The first-order valence-corrected chi connectivity index (χ1v) is 6.10. The Balaban J connectivity index is 2.24. The second kappa shape index (κ2) is 5.90. The summed E-state index contributed by atoms with van der Waals surface area (Å²) >= 11 is 0. The van der Waals surface area contributed by atoms with Gasteiger partial charge in [-0.1, -0.05) is 6.07 Å². The number of halogens is 3. The number of para-hydroxylation sites is 1. The minimum absolute atomic E-state index is 0.0594. The van der Waals surface area contributed by atoms with Crippen molar-refractivity contribution in [3.63, 3.8) is 0 Å². The summed E-state index contributed by atoms with van der Waals surface area (Å²) in [5, 5.41) is 4.99. The second-order valence-corrected chi connectivity index (χ2v) is 4.29. The van der Waals surface area contributed by atoms with Crippen LogP contribution in [0.3, 0.4) is 0 Å². The van der Waals surface area contributed by atoms with Gasteiger partial charge in [0.25, 0.3) is 5.91 Å². The van der Waals surface area contributed by atoms with Crippen LogP contribution < -0.4 is 10.6 Å². The molecule has 0 aliphatic heterocycles. The molecule has 2 N–H and O–H groups in total. The molecular formula is C14H13F3N2O2. The molecular weight excluding hydrogens is 285 g/mol. The van der Waals surface area contributed by atoms with Gasteiger partial charge in [-0.25, -0.2) is 0 Å². The summed E-state index contributed by atoms with van der Waals surface area (Å²) in [6, 6.07) is 5.13. The molecule has 0 unspecified atom stereocenters. The Morgan fingerprint density at radius 3 is 2.62 bits per heavy atom. The summed E-state index contributed by atoms with van der Waals surface area (Å²) in [4.78, 5) is 12.0. The van der Waals surface area contributed by atoms with Crippen molar-refractivity contribution >= 4 is 11.6 Å². The van der Waals surface area contributed by atoms with Crippen molar-refractivity contribution in [1.82, 2.24) is 5.32 Å². The second-order valence-electron chi connectivity index (χ2n) is 4.29. The first-order chi connectivity index (χ1) is 9.93. The van der Waals surface area contributed by atoms with Crippen molar-refractivity contribution in [2.75, 3.05) is 12.4 Å². The average molecular weight is 298 g/mol. The number of anilines is 1. The van der Waals surface area contributed by atoms with Crippen LogP contribution in [0.1, 0.15) is 21.5 Å². The van der Waals surface area contributed by atoms with Crippen molar-refractivity contribution in [2.24, 2.45) is 0 Å². The highest BCUT2D eigenvalue weighted by molar-refractivity contribution is 6.00. The molecule has 4 nitrogen and oxygen atoms in total. The maximum Gasteiger partial charge on any atom is 0.418 e. The van der Waals surface area contributed by atoms with Crippen molar-refractivity contribution in [1.29, 1.82) is 0 Å². The van der Waals surface area contributed by atoms with Crippen LogP contribution in [0.25, 0.3) is 0 Å². The van der Waals surface area contributed by atoms with Gasteiger partial charge in [-0.2, -0.15) is 13.2 Å². The number of carbonyl (C=O) groups is 1. The Morgan fingerprint density at radius 1 is 1.29 bits per heavy atom. The van der Waals surface area contributed by atoms with Gasteiger partial charge in [-0.15, -0.1) is 0 Å². The van der Waals surface area contributed by atoms with E-state index in [4.69, 9.17) is 4.42 Å². The third-order valence-electron chi connectivity index (χ3n) is 2.90. The van der Waals surface area contributed by atoms with E-state index in [1.807, 2.05) is 0 Å². The monoisotopic (exact) mass is 298 g/mol. The van der Waals surface area contributed by atoms with E-state index >= 15 is 0 Å². The molecule has 1 amide bonds. The smallest absolute Gasteiger partial charge is 0.418 e. The quantitative estimate of drug-likeness (QED) is 0.911. The molecule has 21 heavy (non-hydrogen) atoms. The zero-order valence-electron chi connectivity index (χ0n) is 11.1. The Kier molecular flexibility index (Phi) is 4.21. The molecule has 1 aromatic carbocycles. The van der Waals surface area contributed by atoms with E-state index in [1.54, 1.807) is 6.07 Å². The highest BCUT2D eigenvalue weighted by Gasteiger charge is 2.34. The van der Waals surface area contributed by atoms with Gasteiger partial charge in [0.15, 0.2) is 0 Å². The molecule has 0 atom stereocenters. The van der Waals surface area contributed by atoms with Crippen LogP contribution in [0.4, 0.5) is 18.9 Å². The molecule has 7 heteroatoms. The van der Waals surface area contributed by atoms with E-state index in [0.29, 0.717) is 0 Å². The summed E-state index contributed by atoms with van der Waals surface area (Å²) < 4.78 is 43.6. The van der Waals surface area contributed by atoms with Gasteiger partial charge in [0.05, 0.1) is 29.3 Å². The zero-order chi connectivity index (χ0) is 15.5. The fourth-order valence-electron chi connectivity index (χ4n) is 1.92. The highest BCUT2D eigenvalue weighted by Crippen LogP contribution is 2.36. The maximum absolute atomic E-state index is 12.9. The van der Waals surface area contributed by atoms with Gasteiger partial charge < -0.3 is 15.1 Å². The minimum atomic E-state index is -4.53. The van der Waals surface area contributed by atoms with Crippen molar-refractivity contribution in [3.05, 3.63) is 53.5 Å². The molecule has 0 saturated heterocycles. The molecule has 1 aromatic heterocycles. The normalized spacial score (nSPS) is 11.2. The van der Waals surface area contributed by atoms with Crippen LogP contribution >= 0.6 is 0 Å². The van der Waals surface area contributed by atoms with Gasteiger partial charge in [-0.3, -0.25) is 4.79 Å². The molecule has 0 bridgehead atoms. The Hall–Kier alpha value is -2.44. The summed E-state index contributed by atoms with van der Waals surface area (Å²) in [6.45, 7) is 0.175. The molecule has 0 aliphatic rings. The first kappa shape index (κ1) is 15.0. The lowest BCUT2D eigenvalue weighted by Crippen LogP contribution is -2.24. The van der Waals surface area contributed by atoms with E-state index < -0.39 is 17.6 Å². The predicted octanol–water partition coefficient (Wildman–Crippen LogP) is 3.27. The average Bonchev–Trinajstić information content (AvgIpc) is 2.96. The maximum atomic E-state index is 12.9. The molecule has 0 radical (unpaired) electrons. The first-order valence-electron chi connectivity index (χ1n) is 6.10. The SMILES string of the molecule is CNc1c(C(=O)NCc2ccoc2)cccc1C(F)(F)F. The lowest BCUT2D eigenvalue weighted by molar-refractivity contribution is -0.136. The van der Waals surface area contributed by atoms with E-state index in [1.165, 1.54) is 31.7 Å². The number of alkyl halides is 3. The number of amides is 1. The van der Waals surface area contributed by atoms with E-state index in [0.717, 1.165) is 11.6 Å². The van der Waals surface area contributed by atoms with Gasteiger partial charge >= 0.3 is 6.18 Å². The summed E-state index contributed by atoms with van der Waals surface area (Å²) in [7, 11) is 1.34. The third kappa shape index (κ3) is 3.36. The standard InChI is InChI=1S/C14H13F3N2O2/c1-18-12-10(3-2-4-11(12)14(15,16)17)13(20)19-7-9-5-6-21-8-9/h2-6,8,18H,7H2,1H3,(H,19,20). The van der Waals surface area contributed by atoms with Crippen LogP contribution in [0, 0.1) is 0 Å². The topological polar surface area (TPSA) is 54.3 Å². The van der Waals surface area contributed by atoms with Gasteiger partial charge in [0, 0.05) is 19.2 Å². The minimum Gasteiger partial charge on any atom is -0.472 e. The lowest BCUT2D eigenvalue weighted by atomic mass is 10.1. The molecule has 2 aromatic rings. The van der Waals surface area contributed by atoms with Crippen molar-refractivity contribution in [2.45, 2.75) is 12.7 Å². The molecule has 0 spiro atoms. The molecule has 1 heterocycles. The van der Waals surface area contributed by atoms with Crippen LogP contribution in [-0.2, 0) is 12.7 Å². The van der Waals surface area contributed by atoms with Crippen molar-refractivity contribution < 1.29 is 22.4 Å². The predicted molar refractivity (Wildman–Crippen MR) is 70.9 cm³/mol. The van der Waals surface area contributed by atoms with Gasteiger partial charge in [-0.05, 0) is 18.2 Å². The van der Waals surface area contributed by atoms with E-state index in [9.17, 15) is 18.0 Å². The number of nitrogens with one attached hydrogen (secondary N) is 2. The number of rotatable bonds is 4.